The summed E-state index contributed by atoms with van der Waals surface area (Å²) in [5, 5.41) is 0. The number of halogens is 1. The van der Waals surface area contributed by atoms with Gasteiger partial charge in [0.15, 0.2) is 0 Å². The second-order valence-corrected chi connectivity index (χ2v) is 11.6. The monoisotopic (exact) mass is 737 g/mol. The molecule has 0 atom stereocenters. The van der Waals surface area contributed by atoms with Crippen LogP contribution in [-0.4, -0.2) is 154 Å². The van der Waals surface area contributed by atoms with E-state index in [1.165, 1.54) is 28.6 Å². The minimum absolute atomic E-state index is 0.360. The number of unbranched alkanes of at least 4 members (excludes halogenated alkanes) is 3. The van der Waals surface area contributed by atoms with Crippen molar-refractivity contribution in [3.63, 3.8) is 0 Å². The van der Waals surface area contributed by atoms with Crippen molar-refractivity contribution in [2.45, 2.75) is 52.1 Å². The lowest BCUT2D eigenvalue weighted by Gasteiger charge is -2.24. The van der Waals surface area contributed by atoms with Gasteiger partial charge in [0, 0.05) is 20.2 Å². The van der Waals surface area contributed by atoms with Crippen LogP contribution in [0, 0.1) is 0 Å². The van der Waals surface area contributed by atoms with E-state index in [0.717, 1.165) is 13.0 Å². The summed E-state index contributed by atoms with van der Waals surface area (Å²) >= 11 is 2.42. The van der Waals surface area contributed by atoms with Crippen LogP contribution in [0.4, 0.5) is 4.79 Å². The Kier molecular flexibility index (Phi) is 32.7. The molecule has 0 aliphatic rings. The van der Waals surface area contributed by atoms with Crippen LogP contribution >= 0.6 is 22.6 Å². The van der Waals surface area contributed by atoms with E-state index in [9.17, 15) is 4.79 Å². The fourth-order valence-electron chi connectivity index (χ4n) is 3.15. The SMILES string of the molecule is CN(CCOCCOCCOCCOCCOCCOCCOCCOCCOCCCCCCI)C(=O)OC(C)(C)C. The topological polar surface area (TPSA) is 113 Å². The quantitative estimate of drug-likeness (QED) is 0.0554. The molecule has 0 saturated heterocycles. The smallest absolute Gasteiger partial charge is 0.410 e. The fourth-order valence-corrected chi connectivity index (χ4v) is 3.69. The zero-order chi connectivity index (χ0) is 31.7. The molecule has 0 aromatic rings. The Balaban J connectivity index is 3.14. The van der Waals surface area contributed by atoms with Crippen molar-refractivity contribution in [3.05, 3.63) is 0 Å². The van der Waals surface area contributed by atoms with Crippen molar-refractivity contribution in [2.75, 3.05) is 137 Å². The molecule has 0 fully saturated rings. The van der Waals surface area contributed by atoms with Crippen molar-refractivity contribution in [2.24, 2.45) is 0 Å². The number of ether oxygens (including phenoxy) is 10. The van der Waals surface area contributed by atoms with Gasteiger partial charge in [-0.3, -0.25) is 0 Å². The lowest BCUT2D eigenvalue weighted by molar-refractivity contribution is -0.0254. The first kappa shape index (κ1) is 42.6. The molecule has 0 N–H and O–H groups in total. The highest BCUT2D eigenvalue weighted by Crippen LogP contribution is 2.08. The summed E-state index contributed by atoms with van der Waals surface area (Å²) in [6.45, 7) is 15.6. The zero-order valence-corrected chi connectivity index (χ0v) is 29.4. The molecule has 0 spiro atoms. The van der Waals surface area contributed by atoms with Crippen molar-refractivity contribution >= 4 is 28.7 Å². The zero-order valence-electron chi connectivity index (χ0n) is 27.3. The number of amides is 1. The highest BCUT2D eigenvalue weighted by molar-refractivity contribution is 14.1. The largest absolute Gasteiger partial charge is 0.444 e. The van der Waals surface area contributed by atoms with Crippen LogP contribution < -0.4 is 0 Å². The van der Waals surface area contributed by atoms with Crippen LogP contribution in [-0.2, 0) is 47.4 Å². The number of carbonyl (C=O) groups is 1. The van der Waals surface area contributed by atoms with Crippen molar-refractivity contribution in [3.8, 4) is 0 Å². The highest BCUT2D eigenvalue weighted by Gasteiger charge is 2.19. The Bertz CT molecular complexity index is 585. The molecule has 13 heteroatoms. The molecule has 0 rings (SSSR count). The summed E-state index contributed by atoms with van der Waals surface area (Å²) in [5.74, 6) is 0. The maximum atomic E-state index is 11.8. The van der Waals surface area contributed by atoms with Crippen LogP contribution in [0.15, 0.2) is 0 Å². The van der Waals surface area contributed by atoms with E-state index in [1.54, 1.807) is 7.05 Å². The van der Waals surface area contributed by atoms with Gasteiger partial charge in [-0.2, -0.15) is 0 Å². The molecular weight excluding hydrogens is 677 g/mol. The molecule has 12 nitrogen and oxygen atoms in total. The van der Waals surface area contributed by atoms with Gasteiger partial charge in [0.2, 0.25) is 0 Å². The van der Waals surface area contributed by atoms with Crippen LogP contribution in [0.3, 0.4) is 0 Å². The number of alkyl halides is 1. The molecule has 0 aliphatic heterocycles. The molecule has 0 heterocycles. The van der Waals surface area contributed by atoms with E-state index in [0.29, 0.717) is 119 Å². The van der Waals surface area contributed by atoms with Gasteiger partial charge in [0.25, 0.3) is 0 Å². The molecule has 0 aromatic heterocycles. The minimum atomic E-state index is -0.505. The molecular formula is C30H60INO11. The second kappa shape index (κ2) is 33.0. The Morgan fingerprint density at radius 3 is 1.12 bits per heavy atom. The molecule has 43 heavy (non-hydrogen) atoms. The summed E-state index contributed by atoms with van der Waals surface area (Å²) < 4.78 is 55.9. The molecule has 0 aliphatic carbocycles. The van der Waals surface area contributed by atoms with E-state index in [-0.39, 0.29) is 6.09 Å². The second-order valence-electron chi connectivity index (χ2n) is 10.5. The summed E-state index contributed by atoms with van der Waals surface area (Å²) in [5.41, 5.74) is -0.505. The van der Waals surface area contributed by atoms with Crippen LogP contribution in [0.1, 0.15) is 46.5 Å². The summed E-state index contributed by atoms with van der Waals surface area (Å²) in [7, 11) is 1.69. The third-order valence-electron chi connectivity index (χ3n) is 5.42. The summed E-state index contributed by atoms with van der Waals surface area (Å²) in [4.78, 5) is 13.3. The van der Waals surface area contributed by atoms with Gasteiger partial charge >= 0.3 is 6.09 Å². The normalized spacial score (nSPS) is 11.7. The lowest BCUT2D eigenvalue weighted by Crippen LogP contribution is -2.36. The molecule has 0 radical (unpaired) electrons. The van der Waals surface area contributed by atoms with Gasteiger partial charge < -0.3 is 52.3 Å². The minimum Gasteiger partial charge on any atom is -0.444 e. The molecule has 258 valence electrons. The summed E-state index contributed by atoms with van der Waals surface area (Å²) in [6, 6.07) is 0. The van der Waals surface area contributed by atoms with Crippen LogP contribution in [0.25, 0.3) is 0 Å². The first-order valence-electron chi connectivity index (χ1n) is 15.6. The first-order valence-corrected chi connectivity index (χ1v) is 17.1. The van der Waals surface area contributed by atoms with E-state index < -0.39 is 5.60 Å². The van der Waals surface area contributed by atoms with Crippen molar-refractivity contribution in [1.82, 2.24) is 4.90 Å². The van der Waals surface area contributed by atoms with E-state index >= 15 is 0 Å². The average Bonchev–Trinajstić information content (AvgIpc) is 2.96. The Hall–Kier alpha value is -0.360. The maximum absolute atomic E-state index is 11.8. The lowest BCUT2D eigenvalue weighted by atomic mass is 10.2. The average molecular weight is 738 g/mol. The third kappa shape index (κ3) is 36.0. The van der Waals surface area contributed by atoms with Crippen LogP contribution in [0.5, 0.6) is 0 Å². The van der Waals surface area contributed by atoms with Crippen molar-refractivity contribution < 1.29 is 52.2 Å². The predicted molar refractivity (Wildman–Crippen MR) is 174 cm³/mol. The van der Waals surface area contributed by atoms with E-state index in [4.69, 9.17) is 47.4 Å². The number of nitrogens with zero attached hydrogens (tertiary/aromatic N) is 1. The van der Waals surface area contributed by atoms with E-state index in [2.05, 4.69) is 22.6 Å². The first-order chi connectivity index (χ1) is 20.9. The van der Waals surface area contributed by atoms with Gasteiger partial charge in [0.1, 0.15) is 5.60 Å². The summed E-state index contributed by atoms with van der Waals surface area (Å²) in [6.07, 6.45) is 4.61. The Morgan fingerprint density at radius 1 is 0.488 bits per heavy atom. The van der Waals surface area contributed by atoms with Gasteiger partial charge in [0.05, 0.1) is 112 Å². The van der Waals surface area contributed by atoms with E-state index in [1.807, 2.05) is 20.8 Å². The number of hydrogen-bond donors (Lipinski definition) is 0. The molecule has 0 unspecified atom stereocenters. The number of hydrogen-bond acceptors (Lipinski definition) is 11. The number of rotatable bonds is 33. The highest BCUT2D eigenvalue weighted by atomic mass is 127. The van der Waals surface area contributed by atoms with Gasteiger partial charge in [-0.15, -0.1) is 0 Å². The van der Waals surface area contributed by atoms with Gasteiger partial charge in [-0.05, 0) is 38.0 Å². The van der Waals surface area contributed by atoms with Gasteiger partial charge in [-0.25, -0.2) is 4.79 Å². The number of likely N-dealkylation sites (N-methyl/N-ethyl adjacent to an activating group) is 1. The molecule has 1 amide bonds. The van der Waals surface area contributed by atoms with Gasteiger partial charge in [-0.1, -0.05) is 35.4 Å². The van der Waals surface area contributed by atoms with Crippen molar-refractivity contribution in [1.29, 1.82) is 0 Å². The van der Waals surface area contributed by atoms with Crippen LogP contribution in [0.2, 0.25) is 0 Å². The standard InChI is InChI=1S/C30H60INO11/c1-30(2,3)43-29(33)32(4)10-12-35-14-16-37-18-20-39-22-24-41-26-28-42-27-25-40-23-21-38-19-17-36-15-13-34-11-8-6-5-7-9-31/h5-28H2,1-4H3. The predicted octanol–water partition coefficient (Wildman–Crippen LogP) is 4.00. The molecule has 0 aromatic carbocycles. The fraction of sp³-hybridized carbons (Fsp3) is 0.967. The number of carbonyl (C=O) groups excluding carboxylic acids is 1. The Morgan fingerprint density at radius 2 is 0.791 bits per heavy atom. The third-order valence-corrected chi connectivity index (χ3v) is 6.19. The maximum Gasteiger partial charge on any atom is 0.410 e. The molecule has 0 bridgehead atoms. The molecule has 0 saturated carbocycles. The Labute approximate surface area is 274 Å².